The van der Waals surface area contributed by atoms with Crippen LogP contribution in [0, 0.1) is 0 Å². The number of hydrogen-bond acceptors (Lipinski definition) is 3. The highest BCUT2D eigenvalue weighted by molar-refractivity contribution is 9.10. The summed E-state index contributed by atoms with van der Waals surface area (Å²) in [7, 11) is 0. The predicted molar refractivity (Wildman–Crippen MR) is 94.8 cm³/mol. The van der Waals surface area contributed by atoms with Crippen molar-refractivity contribution in [3.05, 3.63) is 20.8 Å². The lowest BCUT2D eigenvalue weighted by Gasteiger charge is -2.46. The van der Waals surface area contributed by atoms with E-state index in [1.165, 1.54) is 9.35 Å². The van der Waals surface area contributed by atoms with Gasteiger partial charge in [0.25, 0.3) is 0 Å². The minimum Gasteiger partial charge on any atom is -0.312 e. The van der Waals surface area contributed by atoms with Crippen LogP contribution in [0.4, 0.5) is 0 Å². The molecule has 1 N–H and O–H groups in total. The molecule has 20 heavy (non-hydrogen) atoms. The molecule has 0 aromatic carbocycles. The average molecular weight is 361 g/mol. The van der Waals surface area contributed by atoms with Crippen LogP contribution in [-0.2, 0) is 6.42 Å². The van der Waals surface area contributed by atoms with Crippen LogP contribution >= 0.6 is 27.3 Å². The third-order valence-corrected chi connectivity index (χ3v) is 6.43. The van der Waals surface area contributed by atoms with Gasteiger partial charge in [-0.05, 0) is 66.8 Å². The smallest absolute Gasteiger partial charge is 0.0335 e. The Bertz CT molecular complexity index is 390. The standard InChI is InChI=1S/C16H29BrN2S/c1-6-16(5,19(8-3)9-4)15(18-7-2)12-14-13(17)10-11-20-14/h10-11,15,18H,6-9,12H2,1-5H3. The first kappa shape index (κ1) is 18.1. The van der Waals surface area contributed by atoms with E-state index in [1.54, 1.807) is 0 Å². The highest BCUT2D eigenvalue weighted by Crippen LogP contribution is 2.30. The number of thiophene rings is 1. The van der Waals surface area contributed by atoms with Crippen LogP contribution in [0.5, 0.6) is 0 Å². The van der Waals surface area contributed by atoms with Gasteiger partial charge in [-0.2, -0.15) is 0 Å². The molecule has 1 rings (SSSR count). The lowest BCUT2D eigenvalue weighted by Crippen LogP contribution is -2.60. The summed E-state index contributed by atoms with van der Waals surface area (Å²) in [5.74, 6) is 0. The zero-order chi connectivity index (χ0) is 15.2. The zero-order valence-corrected chi connectivity index (χ0v) is 15.9. The molecule has 0 saturated carbocycles. The Morgan fingerprint density at radius 1 is 1.30 bits per heavy atom. The van der Waals surface area contributed by atoms with Gasteiger partial charge < -0.3 is 5.32 Å². The third-order valence-electron chi connectivity index (χ3n) is 4.48. The topological polar surface area (TPSA) is 15.3 Å². The highest BCUT2D eigenvalue weighted by Gasteiger charge is 2.36. The van der Waals surface area contributed by atoms with Crippen molar-refractivity contribution in [2.75, 3.05) is 19.6 Å². The second-order valence-corrected chi connectivity index (χ2v) is 7.24. The van der Waals surface area contributed by atoms with E-state index < -0.39 is 0 Å². The summed E-state index contributed by atoms with van der Waals surface area (Å²) in [6.45, 7) is 14.7. The zero-order valence-electron chi connectivity index (χ0n) is 13.5. The molecular formula is C16H29BrN2S. The molecule has 1 heterocycles. The molecule has 2 atom stereocenters. The van der Waals surface area contributed by atoms with Crippen molar-refractivity contribution in [2.45, 2.75) is 59.0 Å². The third kappa shape index (κ3) is 4.06. The molecular weight excluding hydrogens is 332 g/mol. The normalized spacial score (nSPS) is 16.4. The van der Waals surface area contributed by atoms with Crippen LogP contribution in [0.15, 0.2) is 15.9 Å². The number of nitrogens with one attached hydrogen (secondary N) is 1. The summed E-state index contributed by atoms with van der Waals surface area (Å²) in [5.41, 5.74) is 0.197. The summed E-state index contributed by atoms with van der Waals surface area (Å²) in [6, 6.07) is 2.64. The second kappa shape index (κ2) is 8.52. The van der Waals surface area contributed by atoms with Crippen LogP contribution in [0.3, 0.4) is 0 Å². The molecule has 0 aliphatic carbocycles. The van der Waals surface area contributed by atoms with Crippen LogP contribution in [0.2, 0.25) is 0 Å². The summed E-state index contributed by atoms with van der Waals surface area (Å²) in [6.07, 6.45) is 2.25. The van der Waals surface area contributed by atoms with Crippen molar-refractivity contribution in [3.8, 4) is 0 Å². The van der Waals surface area contributed by atoms with Gasteiger partial charge in [0.2, 0.25) is 0 Å². The van der Waals surface area contributed by atoms with E-state index in [0.29, 0.717) is 6.04 Å². The van der Waals surface area contributed by atoms with Crippen LogP contribution in [-0.4, -0.2) is 36.1 Å². The van der Waals surface area contributed by atoms with Gasteiger partial charge in [0.1, 0.15) is 0 Å². The Morgan fingerprint density at radius 3 is 2.35 bits per heavy atom. The molecule has 4 heteroatoms. The molecule has 0 fully saturated rings. The van der Waals surface area contributed by atoms with E-state index in [-0.39, 0.29) is 5.54 Å². The van der Waals surface area contributed by atoms with Gasteiger partial charge in [-0.1, -0.05) is 27.7 Å². The van der Waals surface area contributed by atoms with Crippen molar-refractivity contribution < 1.29 is 0 Å². The molecule has 2 unspecified atom stereocenters. The molecule has 0 aliphatic rings. The molecule has 116 valence electrons. The first-order valence-corrected chi connectivity index (χ1v) is 9.40. The lowest BCUT2D eigenvalue weighted by molar-refractivity contribution is 0.0709. The summed E-state index contributed by atoms with van der Waals surface area (Å²) >= 11 is 5.53. The van der Waals surface area contributed by atoms with E-state index in [1.807, 2.05) is 11.3 Å². The minimum atomic E-state index is 0.197. The van der Waals surface area contributed by atoms with Crippen LogP contribution < -0.4 is 5.32 Å². The van der Waals surface area contributed by atoms with Crippen molar-refractivity contribution in [3.63, 3.8) is 0 Å². The Labute approximate surface area is 137 Å². The van der Waals surface area contributed by atoms with Gasteiger partial charge >= 0.3 is 0 Å². The molecule has 0 amide bonds. The monoisotopic (exact) mass is 360 g/mol. The van der Waals surface area contributed by atoms with E-state index in [9.17, 15) is 0 Å². The molecule has 0 spiro atoms. The fourth-order valence-corrected chi connectivity index (χ4v) is 4.61. The van der Waals surface area contributed by atoms with Crippen molar-refractivity contribution in [1.29, 1.82) is 0 Å². The summed E-state index contributed by atoms with van der Waals surface area (Å²) in [5, 5.41) is 5.90. The van der Waals surface area contributed by atoms with E-state index >= 15 is 0 Å². The van der Waals surface area contributed by atoms with Gasteiger partial charge in [-0.3, -0.25) is 4.90 Å². The Hall–Kier alpha value is 0.1000. The van der Waals surface area contributed by atoms with E-state index in [2.05, 4.69) is 72.2 Å². The largest absolute Gasteiger partial charge is 0.312 e. The van der Waals surface area contributed by atoms with Crippen molar-refractivity contribution in [1.82, 2.24) is 10.2 Å². The fraction of sp³-hybridized carbons (Fsp3) is 0.750. The van der Waals surface area contributed by atoms with E-state index in [4.69, 9.17) is 0 Å². The van der Waals surface area contributed by atoms with Crippen molar-refractivity contribution >= 4 is 27.3 Å². The number of hydrogen-bond donors (Lipinski definition) is 1. The second-order valence-electron chi connectivity index (χ2n) is 5.39. The minimum absolute atomic E-state index is 0.197. The lowest BCUT2D eigenvalue weighted by atomic mass is 9.84. The Morgan fingerprint density at radius 2 is 1.95 bits per heavy atom. The van der Waals surface area contributed by atoms with Gasteiger partial charge in [-0.15, -0.1) is 11.3 Å². The average Bonchev–Trinajstić information content (AvgIpc) is 2.84. The summed E-state index contributed by atoms with van der Waals surface area (Å²) in [4.78, 5) is 4.05. The molecule has 0 aliphatic heterocycles. The number of likely N-dealkylation sites (N-methyl/N-ethyl adjacent to an activating group) is 2. The maximum absolute atomic E-state index is 3.73. The molecule has 1 aromatic rings. The fourth-order valence-electron chi connectivity index (χ4n) is 3.05. The first-order chi connectivity index (χ1) is 9.53. The van der Waals surface area contributed by atoms with Gasteiger partial charge in [0.05, 0.1) is 0 Å². The molecule has 0 radical (unpaired) electrons. The number of nitrogens with zero attached hydrogens (tertiary/aromatic N) is 1. The van der Waals surface area contributed by atoms with E-state index in [0.717, 1.165) is 32.5 Å². The molecule has 1 aromatic heterocycles. The van der Waals surface area contributed by atoms with Gasteiger partial charge in [0.15, 0.2) is 0 Å². The Kier molecular flexibility index (Phi) is 7.73. The maximum atomic E-state index is 3.73. The van der Waals surface area contributed by atoms with Crippen LogP contribution in [0.25, 0.3) is 0 Å². The van der Waals surface area contributed by atoms with Gasteiger partial charge in [0, 0.05) is 20.9 Å². The maximum Gasteiger partial charge on any atom is 0.0335 e. The molecule has 2 nitrogen and oxygen atoms in total. The quantitative estimate of drug-likeness (QED) is 0.695. The predicted octanol–water partition coefficient (Wildman–Crippen LogP) is 4.54. The number of halogens is 1. The highest BCUT2D eigenvalue weighted by atomic mass is 79.9. The number of rotatable bonds is 9. The SMILES string of the molecule is CCNC(Cc1sccc1Br)C(C)(CC)N(CC)CC. The van der Waals surface area contributed by atoms with Crippen molar-refractivity contribution in [2.24, 2.45) is 0 Å². The summed E-state index contributed by atoms with van der Waals surface area (Å²) < 4.78 is 1.25. The molecule has 0 bridgehead atoms. The Balaban J connectivity index is 2.99. The first-order valence-electron chi connectivity index (χ1n) is 7.73. The van der Waals surface area contributed by atoms with Crippen LogP contribution in [0.1, 0.15) is 45.9 Å². The van der Waals surface area contributed by atoms with Gasteiger partial charge in [-0.25, -0.2) is 0 Å². The molecule has 0 saturated heterocycles.